The molecule has 1 aromatic heterocycles. The van der Waals surface area contributed by atoms with Crippen molar-refractivity contribution in [2.24, 2.45) is 0 Å². The van der Waals surface area contributed by atoms with Crippen molar-refractivity contribution in [1.29, 1.82) is 0 Å². The molecule has 3 aromatic rings. The summed E-state index contributed by atoms with van der Waals surface area (Å²) < 4.78 is 22.1. The van der Waals surface area contributed by atoms with Gasteiger partial charge in [-0.3, -0.25) is 4.57 Å². The van der Waals surface area contributed by atoms with E-state index in [1.807, 2.05) is 40.8 Å². The van der Waals surface area contributed by atoms with Crippen molar-refractivity contribution in [3.05, 3.63) is 44.2 Å². The van der Waals surface area contributed by atoms with Gasteiger partial charge in [-0.1, -0.05) is 15.9 Å². The van der Waals surface area contributed by atoms with Crippen molar-refractivity contribution < 1.29 is 9.13 Å². The average Bonchev–Trinajstić information content (AvgIpc) is 2.74. The summed E-state index contributed by atoms with van der Waals surface area (Å²) >= 11 is 5.36. The number of anilines is 1. The molecule has 0 atom stereocenters. The van der Waals surface area contributed by atoms with Crippen LogP contribution >= 0.6 is 38.5 Å². The van der Waals surface area contributed by atoms with Crippen LogP contribution in [0.25, 0.3) is 16.7 Å². The van der Waals surface area contributed by atoms with Gasteiger partial charge < -0.3 is 10.5 Å². The van der Waals surface area contributed by atoms with Crippen molar-refractivity contribution in [3.63, 3.8) is 0 Å². The molecule has 0 saturated carbocycles. The second-order valence-electron chi connectivity index (χ2n) is 4.41. The number of imidazole rings is 1. The van der Waals surface area contributed by atoms with E-state index >= 15 is 0 Å². The monoisotopic (exact) mass is 461 g/mol. The molecule has 0 aliphatic heterocycles. The number of hydrogen-bond donors (Lipinski definition) is 1. The summed E-state index contributed by atoms with van der Waals surface area (Å²) in [6.07, 6.45) is 0. The fourth-order valence-electron chi connectivity index (χ4n) is 2.16. The Bertz CT molecular complexity index is 850. The number of methoxy groups -OCH3 is 1. The molecule has 0 amide bonds. The number of aromatic nitrogens is 2. The highest BCUT2D eigenvalue weighted by Crippen LogP contribution is 2.30. The highest BCUT2D eigenvalue weighted by Gasteiger charge is 2.14. The summed E-state index contributed by atoms with van der Waals surface area (Å²) in [5, 5.41) is 0. The number of nitrogens with two attached hydrogens (primary N) is 1. The van der Waals surface area contributed by atoms with Gasteiger partial charge in [0.15, 0.2) is 0 Å². The summed E-state index contributed by atoms with van der Waals surface area (Å²) in [4.78, 5) is 4.29. The van der Waals surface area contributed by atoms with Gasteiger partial charge in [-0.2, -0.15) is 0 Å². The van der Waals surface area contributed by atoms with Crippen LogP contribution in [0.5, 0.6) is 5.75 Å². The van der Waals surface area contributed by atoms with Gasteiger partial charge in [-0.05, 0) is 40.8 Å². The van der Waals surface area contributed by atoms with E-state index in [0.29, 0.717) is 26.3 Å². The van der Waals surface area contributed by atoms with Crippen LogP contribution in [0.4, 0.5) is 10.3 Å². The molecule has 4 nitrogen and oxygen atoms in total. The van der Waals surface area contributed by atoms with Crippen LogP contribution in [-0.2, 0) is 0 Å². The van der Waals surface area contributed by atoms with E-state index in [-0.39, 0.29) is 5.82 Å². The minimum absolute atomic E-state index is 0.298. The van der Waals surface area contributed by atoms with Crippen molar-refractivity contribution >= 4 is 55.5 Å². The van der Waals surface area contributed by atoms with E-state index in [2.05, 4.69) is 20.9 Å². The number of nitrogen functional groups attached to an aromatic ring is 1. The average molecular weight is 462 g/mol. The smallest absolute Gasteiger partial charge is 0.205 e. The Hall–Kier alpha value is -1.35. The molecule has 0 saturated heterocycles. The highest BCUT2D eigenvalue weighted by atomic mass is 127. The molecule has 2 N–H and O–H groups in total. The maximum absolute atomic E-state index is 13.9. The Morgan fingerprint density at radius 1 is 1.29 bits per heavy atom. The summed E-state index contributed by atoms with van der Waals surface area (Å²) in [5.41, 5.74) is 8.02. The van der Waals surface area contributed by atoms with E-state index in [1.54, 1.807) is 17.7 Å². The van der Waals surface area contributed by atoms with E-state index in [1.165, 1.54) is 6.07 Å². The standard InChI is InChI=1S/C14H10BrFIN3O/c1-21-9-3-7(15)2-8(4-9)20-13-5-10(16)11(17)6-12(13)19-14(20)18/h2-6H,1H3,(H2,18,19). The zero-order chi connectivity index (χ0) is 15.1. The topological polar surface area (TPSA) is 53.1 Å². The second-order valence-corrected chi connectivity index (χ2v) is 6.49. The van der Waals surface area contributed by atoms with Crippen molar-refractivity contribution in [2.45, 2.75) is 0 Å². The normalized spacial score (nSPS) is 11.0. The number of fused-ring (bicyclic) bond motifs is 1. The Morgan fingerprint density at radius 3 is 2.76 bits per heavy atom. The molecule has 0 radical (unpaired) electrons. The van der Waals surface area contributed by atoms with Gasteiger partial charge in [0.25, 0.3) is 0 Å². The molecule has 0 aliphatic rings. The van der Waals surface area contributed by atoms with Crippen LogP contribution in [0.3, 0.4) is 0 Å². The van der Waals surface area contributed by atoms with Gasteiger partial charge in [0.1, 0.15) is 11.6 Å². The lowest BCUT2D eigenvalue weighted by Gasteiger charge is -2.09. The summed E-state index contributed by atoms with van der Waals surface area (Å²) in [6, 6.07) is 8.64. The molecule has 0 unspecified atom stereocenters. The molecule has 0 fully saturated rings. The maximum Gasteiger partial charge on any atom is 0.205 e. The Morgan fingerprint density at radius 2 is 2.05 bits per heavy atom. The van der Waals surface area contributed by atoms with Gasteiger partial charge >= 0.3 is 0 Å². The molecule has 1 heterocycles. The zero-order valence-corrected chi connectivity index (χ0v) is 14.6. The number of benzene rings is 2. The number of ether oxygens (including phenoxy) is 1. The third kappa shape index (κ3) is 2.59. The number of halogens is 3. The lowest BCUT2D eigenvalue weighted by Crippen LogP contribution is -2.01. The van der Waals surface area contributed by atoms with Gasteiger partial charge in [0.2, 0.25) is 5.95 Å². The summed E-state index contributed by atoms with van der Waals surface area (Å²) in [5.74, 6) is 0.671. The first-order valence-electron chi connectivity index (χ1n) is 5.97. The van der Waals surface area contributed by atoms with Gasteiger partial charge in [0, 0.05) is 16.6 Å². The van der Waals surface area contributed by atoms with Crippen LogP contribution in [0.2, 0.25) is 0 Å². The zero-order valence-electron chi connectivity index (χ0n) is 10.9. The SMILES string of the molecule is COc1cc(Br)cc(-n2c(N)nc3cc(I)c(F)cc32)c1. The molecule has 0 bridgehead atoms. The number of nitrogens with zero attached hydrogens (tertiary/aromatic N) is 2. The van der Waals surface area contributed by atoms with E-state index in [0.717, 1.165) is 10.2 Å². The van der Waals surface area contributed by atoms with Gasteiger partial charge in [-0.15, -0.1) is 0 Å². The Balaban J connectivity index is 2.31. The van der Waals surface area contributed by atoms with Crippen LogP contribution in [0, 0.1) is 9.39 Å². The first-order chi connectivity index (χ1) is 9.99. The lowest BCUT2D eigenvalue weighted by molar-refractivity contribution is 0.414. The fourth-order valence-corrected chi connectivity index (χ4v) is 3.07. The third-order valence-electron chi connectivity index (χ3n) is 3.07. The molecule has 0 spiro atoms. The molecule has 0 aliphatic carbocycles. The Kier molecular flexibility index (Phi) is 3.78. The van der Waals surface area contributed by atoms with Crippen LogP contribution in [-0.4, -0.2) is 16.7 Å². The minimum atomic E-state index is -0.300. The van der Waals surface area contributed by atoms with Crippen LogP contribution < -0.4 is 10.5 Å². The van der Waals surface area contributed by atoms with Crippen molar-refractivity contribution in [1.82, 2.24) is 9.55 Å². The van der Waals surface area contributed by atoms with E-state index < -0.39 is 0 Å². The third-order valence-corrected chi connectivity index (χ3v) is 4.36. The van der Waals surface area contributed by atoms with Gasteiger partial charge in [0.05, 0.1) is 27.4 Å². The van der Waals surface area contributed by atoms with Gasteiger partial charge in [-0.25, -0.2) is 9.37 Å². The minimum Gasteiger partial charge on any atom is -0.497 e. The largest absolute Gasteiger partial charge is 0.497 e. The number of hydrogen-bond acceptors (Lipinski definition) is 3. The van der Waals surface area contributed by atoms with Crippen LogP contribution in [0.15, 0.2) is 34.8 Å². The number of rotatable bonds is 2. The highest BCUT2D eigenvalue weighted by molar-refractivity contribution is 14.1. The Labute approximate surface area is 142 Å². The summed E-state index contributed by atoms with van der Waals surface area (Å²) in [7, 11) is 1.59. The second kappa shape index (κ2) is 5.45. The molecular weight excluding hydrogens is 452 g/mol. The molecule has 2 aromatic carbocycles. The molecular formula is C14H10BrFIN3O. The predicted octanol–water partition coefficient (Wildman–Crippen LogP) is 4.12. The van der Waals surface area contributed by atoms with Crippen LogP contribution in [0.1, 0.15) is 0 Å². The first-order valence-corrected chi connectivity index (χ1v) is 7.84. The molecule has 108 valence electrons. The maximum atomic E-state index is 13.9. The fraction of sp³-hybridized carbons (Fsp3) is 0.0714. The lowest BCUT2D eigenvalue weighted by atomic mass is 10.2. The van der Waals surface area contributed by atoms with Crippen molar-refractivity contribution in [2.75, 3.05) is 12.8 Å². The molecule has 7 heteroatoms. The molecule has 3 rings (SSSR count). The molecule has 21 heavy (non-hydrogen) atoms. The van der Waals surface area contributed by atoms with Crippen molar-refractivity contribution in [3.8, 4) is 11.4 Å². The predicted molar refractivity (Wildman–Crippen MR) is 92.4 cm³/mol. The van der Waals surface area contributed by atoms with E-state index in [9.17, 15) is 4.39 Å². The first kappa shape index (κ1) is 14.6. The summed E-state index contributed by atoms with van der Waals surface area (Å²) in [6.45, 7) is 0. The van der Waals surface area contributed by atoms with E-state index in [4.69, 9.17) is 10.5 Å². The quantitative estimate of drug-likeness (QED) is 0.584.